The van der Waals surface area contributed by atoms with Crippen molar-refractivity contribution < 1.29 is 4.74 Å². The van der Waals surface area contributed by atoms with Gasteiger partial charge in [0.05, 0.1) is 7.11 Å². The van der Waals surface area contributed by atoms with E-state index in [1.54, 1.807) is 7.11 Å². The first-order valence-corrected chi connectivity index (χ1v) is 7.83. The summed E-state index contributed by atoms with van der Waals surface area (Å²) >= 11 is 0. The number of benzene rings is 1. The molecule has 1 heterocycles. The Morgan fingerprint density at radius 1 is 1.20 bits per heavy atom. The summed E-state index contributed by atoms with van der Waals surface area (Å²) in [6, 6.07) is 6.30. The normalized spacial score (nSPS) is 12.8. The van der Waals surface area contributed by atoms with Gasteiger partial charge in [-0.2, -0.15) is 0 Å². The van der Waals surface area contributed by atoms with Crippen LogP contribution in [0.4, 0.5) is 0 Å². The lowest BCUT2D eigenvalue weighted by atomic mass is 9.92. The predicted octanol–water partition coefficient (Wildman–Crippen LogP) is 5.56. The molecule has 0 spiro atoms. The highest BCUT2D eigenvalue weighted by atomic mass is 16.5. The van der Waals surface area contributed by atoms with E-state index in [1.165, 1.54) is 54.3 Å². The van der Waals surface area contributed by atoms with Crippen LogP contribution >= 0.6 is 0 Å². The molecule has 2 heteroatoms. The Morgan fingerprint density at radius 2 is 2.00 bits per heavy atom. The number of aromatic nitrogens is 1. The predicted molar refractivity (Wildman–Crippen MR) is 86.8 cm³/mol. The van der Waals surface area contributed by atoms with Crippen molar-refractivity contribution in [2.45, 2.75) is 58.8 Å². The summed E-state index contributed by atoms with van der Waals surface area (Å²) in [7, 11) is 1.73. The van der Waals surface area contributed by atoms with Crippen molar-refractivity contribution in [3.8, 4) is 5.75 Å². The molecule has 20 heavy (non-hydrogen) atoms. The van der Waals surface area contributed by atoms with Crippen molar-refractivity contribution in [2.75, 3.05) is 7.11 Å². The fourth-order valence-corrected chi connectivity index (χ4v) is 3.11. The Balaban J connectivity index is 2.21. The van der Waals surface area contributed by atoms with Gasteiger partial charge in [-0.15, -0.1) is 0 Å². The largest absolute Gasteiger partial charge is 0.497 e. The summed E-state index contributed by atoms with van der Waals surface area (Å²) in [5.74, 6) is 1.55. The van der Waals surface area contributed by atoms with Gasteiger partial charge in [0.15, 0.2) is 0 Å². The summed E-state index contributed by atoms with van der Waals surface area (Å²) in [6.07, 6.45) is 6.60. The number of ether oxygens (including phenoxy) is 1. The van der Waals surface area contributed by atoms with Crippen molar-refractivity contribution >= 4 is 10.9 Å². The van der Waals surface area contributed by atoms with Gasteiger partial charge < -0.3 is 9.72 Å². The molecule has 2 aromatic rings. The summed E-state index contributed by atoms with van der Waals surface area (Å²) in [6.45, 7) is 6.80. The maximum absolute atomic E-state index is 5.37. The number of unbranched alkanes of at least 4 members (excludes halogenated alkanes) is 3. The zero-order valence-electron chi connectivity index (χ0n) is 13.3. The van der Waals surface area contributed by atoms with Crippen LogP contribution in [-0.4, -0.2) is 12.1 Å². The molecule has 110 valence electrons. The number of hydrogen-bond donors (Lipinski definition) is 1. The van der Waals surface area contributed by atoms with E-state index in [4.69, 9.17) is 4.74 Å². The first-order chi connectivity index (χ1) is 9.67. The van der Waals surface area contributed by atoms with Gasteiger partial charge in [0, 0.05) is 16.6 Å². The fraction of sp³-hybridized carbons (Fsp3) is 0.556. The number of H-pyrrole nitrogens is 1. The third-order valence-electron chi connectivity index (χ3n) is 4.23. The van der Waals surface area contributed by atoms with Crippen molar-refractivity contribution in [1.82, 2.24) is 4.98 Å². The number of rotatable bonds is 7. The van der Waals surface area contributed by atoms with Crippen LogP contribution in [0.25, 0.3) is 10.9 Å². The number of aromatic amines is 1. The maximum Gasteiger partial charge on any atom is 0.119 e. The Morgan fingerprint density at radius 3 is 2.70 bits per heavy atom. The molecular weight excluding hydrogens is 246 g/mol. The van der Waals surface area contributed by atoms with Crippen LogP contribution in [0.15, 0.2) is 18.2 Å². The molecule has 0 radical (unpaired) electrons. The monoisotopic (exact) mass is 273 g/mol. The van der Waals surface area contributed by atoms with Crippen molar-refractivity contribution in [3.63, 3.8) is 0 Å². The minimum Gasteiger partial charge on any atom is -0.497 e. The van der Waals surface area contributed by atoms with E-state index in [0.29, 0.717) is 5.92 Å². The number of hydrogen-bond acceptors (Lipinski definition) is 1. The summed E-state index contributed by atoms with van der Waals surface area (Å²) in [5.41, 5.74) is 3.99. The van der Waals surface area contributed by atoms with Gasteiger partial charge in [0.2, 0.25) is 0 Å². The topological polar surface area (TPSA) is 25.0 Å². The lowest BCUT2D eigenvalue weighted by molar-refractivity contribution is 0.415. The average Bonchev–Trinajstić information content (AvgIpc) is 2.78. The third-order valence-corrected chi connectivity index (χ3v) is 4.23. The number of methoxy groups -OCH3 is 1. The van der Waals surface area contributed by atoms with Crippen molar-refractivity contribution in [2.24, 2.45) is 0 Å². The molecule has 0 aliphatic heterocycles. The molecule has 1 atom stereocenters. The van der Waals surface area contributed by atoms with Gasteiger partial charge in [-0.05, 0) is 43.0 Å². The summed E-state index contributed by atoms with van der Waals surface area (Å²) in [5, 5.41) is 1.32. The van der Waals surface area contributed by atoms with Crippen LogP contribution in [0.5, 0.6) is 5.75 Å². The Hall–Kier alpha value is -1.44. The van der Waals surface area contributed by atoms with E-state index in [1.807, 2.05) is 6.07 Å². The molecule has 0 bridgehead atoms. The second-order valence-corrected chi connectivity index (χ2v) is 5.83. The summed E-state index contributed by atoms with van der Waals surface area (Å²) < 4.78 is 5.37. The second-order valence-electron chi connectivity index (χ2n) is 5.83. The van der Waals surface area contributed by atoms with Gasteiger partial charge in [-0.25, -0.2) is 0 Å². The molecule has 0 saturated carbocycles. The van der Waals surface area contributed by atoms with E-state index in [0.717, 1.165) is 5.75 Å². The van der Waals surface area contributed by atoms with Crippen LogP contribution in [0.2, 0.25) is 0 Å². The Kier molecular flexibility index (Phi) is 5.11. The molecule has 1 aromatic carbocycles. The first-order valence-electron chi connectivity index (χ1n) is 7.83. The molecule has 0 amide bonds. The molecule has 0 saturated heterocycles. The summed E-state index contributed by atoms with van der Waals surface area (Å²) in [4.78, 5) is 3.51. The fourth-order valence-electron chi connectivity index (χ4n) is 3.11. The van der Waals surface area contributed by atoms with E-state index in [-0.39, 0.29) is 0 Å². The zero-order valence-corrected chi connectivity index (χ0v) is 13.3. The van der Waals surface area contributed by atoms with Crippen LogP contribution in [0.1, 0.15) is 63.1 Å². The number of fused-ring (bicyclic) bond motifs is 1. The van der Waals surface area contributed by atoms with Crippen LogP contribution in [0.3, 0.4) is 0 Å². The molecule has 0 aliphatic carbocycles. The smallest absolute Gasteiger partial charge is 0.119 e. The molecule has 0 aliphatic rings. The number of nitrogens with one attached hydrogen (secondary N) is 1. The Bertz CT molecular complexity index is 556. The standard InChI is InChI=1S/C18H27NO/c1-5-6-7-8-9-13(2)18-14(3)19-17-11-10-15(20-4)12-16(17)18/h10-13,19H,5-9H2,1-4H3. The highest BCUT2D eigenvalue weighted by Crippen LogP contribution is 2.34. The highest BCUT2D eigenvalue weighted by Gasteiger charge is 2.15. The average molecular weight is 273 g/mol. The molecular formula is C18H27NO. The quantitative estimate of drug-likeness (QED) is 0.656. The van der Waals surface area contributed by atoms with Gasteiger partial charge in [0.1, 0.15) is 5.75 Å². The van der Waals surface area contributed by atoms with Crippen LogP contribution in [0, 0.1) is 6.92 Å². The van der Waals surface area contributed by atoms with Crippen LogP contribution < -0.4 is 4.74 Å². The minimum atomic E-state index is 0.604. The molecule has 2 nitrogen and oxygen atoms in total. The zero-order chi connectivity index (χ0) is 14.5. The van der Waals surface area contributed by atoms with Gasteiger partial charge in [-0.1, -0.05) is 39.5 Å². The van der Waals surface area contributed by atoms with E-state index < -0.39 is 0 Å². The minimum absolute atomic E-state index is 0.604. The van der Waals surface area contributed by atoms with Crippen molar-refractivity contribution in [3.05, 3.63) is 29.5 Å². The SMILES string of the molecule is CCCCCCC(C)c1c(C)[nH]c2ccc(OC)cc12. The van der Waals surface area contributed by atoms with E-state index in [9.17, 15) is 0 Å². The Labute approximate surface area is 122 Å². The van der Waals surface area contributed by atoms with E-state index in [2.05, 4.69) is 37.9 Å². The third kappa shape index (κ3) is 3.17. The number of aryl methyl sites for hydroxylation is 1. The molecule has 2 rings (SSSR count). The molecule has 0 fully saturated rings. The molecule has 1 aromatic heterocycles. The highest BCUT2D eigenvalue weighted by molar-refractivity contribution is 5.86. The maximum atomic E-state index is 5.37. The lowest BCUT2D eigenvalue weighted by Crippen LogP contribution is -1.95. The molecule has 1 unspecified atom stereocenters. The van der Waals surface area contributed by atoms with Crippen LogP contribution in [-0.2, 0) is 0 Å². The van der Waals surface area contributed by atoms with Gasteiger partial charge in [-0.3, -0.25) is 0 Å². The van der Waals surface area contributed by atoms with Gasteiger partial charge in [0.25, 0.3) is 0 Å². The second kappa shape index (κ2) is 6.83. The lowest BCUT2D eigenvalue weighted by Gasteiger charge is -2.12. The first kappa shape index (κ1) is 15.0. The molecule has 1 N–H and O–H groups in total. The van der Waals surface area contributed by atoms with E-state index >= 15 is 0 Å². The van der Waals surface area contributed by atoms with Crippen molar-refractivity contribution in [1.29, 1.82) is 0 Å². The van der Waals surface area contributed by atoms with Gasteiger partial charge >= 0.3 is 0 Å².